The Bertz CT molecular complexity index is 1050. The van der Waals surface area contributed by atoms with Gasteiger partial charge in [-0.2, -0.15) is 0 Å². The SMILES string of the molecule is CC(C)C(OC(N)=O)C1CC[C@H]2C(O1)[C@H](O)[C@@]1(C)C3CC[C@H]4C(C)(C)C(OC(N)=O)CCC45CC35CCC21C. The second kappa shape index (κ2) is 8.50. The fourth-order valence-electron chi connectivity index (χ4n) is 12.1. The number of primary amides is 2. The lowest BCUT2D eigenvalue weighted by atomic mass is 9.41. The van der Waals surface area contributed by atoms with E-state index >= 15 is 0 Å². The van der Waals surface area contributed by atoms with Crippen LogP contribution in [0.15, 0.2) is 0 Å². The topological polar surface area (TPSA) is 134 Å². The number of hydrogen-bond donors (Lipinski definition) is 3. The minimum absolute atomic E-state index is 0.00570. The quantitative estimate of drug-likeness (QED) is 0.447. The van der Waals surface area contributed by atoms with Gasteiger partial charge in [-0.3, -0.25) is 0 Å². The molecule has 0 aromatic carbocycles. The molecule has 5 aliphatic carbocycles. The maximum Gasteiger partial charge on any atom is 0.404 e. The fraction of sp³-hybridized carbons (Fsp3) is 0.935. The number of ether oxygens (including phenoxy) is 3. The van der Waals surface area contributed by atoms with Gasteiger partial charge >= 0.3 is 12.2 Å². The van der Waals surface area contributed by atoms with E-state index in [9.17, 15) is 14.7 Å². The average Bonchev–Trinajstić information content (AvgIpc) is 3.49. The van der Waals surface area contributed by atoms with Crippen molar-refractivity contribution in [3.05, 3.63) is 0 Å². The summed E-state index contributed by atoms with van der Waals surface area (Å²) in [5, 5.41) is 12.2. The minimum Gasteiger partial charge on any atom is -0.446 e. The van der Waals surface area contributed by atoms with E-state index in [1.807, 2.05) is 13.8 Å². The molecule has 5 N–H and O–H groups in total. The van der Waals surface area contributed by atoms with Crippen LogP contribution in [0.5, 0.6) is 0 Å². The zero-order chi connectivity index (χ0) is 28.3. The van der Waals surface area contributed by atoms with Gasteiger partial charge in [0.15, 0.2) is 0 Å². The fourth-order valence-corrected chi connectivity index (χ4v) is 12.1. The Balaban J connectivity index is 1.29. The van der Waals surface area contributed by atoms with Crippen molar-refractivity contribution in [3.8, 4) is 0 Å². The van der Waals surface area contributed by atoms with E-state index in [4.69, 9.17) is 25.7 Å². The van der Waals surface area contributed by atoms with Gasteiger partial charge in [0.1, 0.15) is 12.2 Å². The van der Waals surface area contributed by atoms with Crippen molar-refractivity contribution in [3.63, 3.8) is 0 Å². The third kappa shape index (κ3) is 3.36. The van der Waals surface area contributed by atoms with E-state index in [1.54, 1.807) is 0 Å². The predicted molar refractivity (Wildman–Crippen MR) is 145 cm³/mol. The van der Waals surface area contributed by atoms with Crippen molar-refractivity contribution < 1.29 is 28.9 Å². The van der Waals surface area contributed by atoms with Gasteiger partial charge in [0.05, 0.1) is 18.3 Å². The van der Waals surface area contributed by atoms with Crippen LogP contribution in [0.1, 0.15) is 99.3 Å². The normalized spacial score (nSPS) is 51.8. The minimum atomic E-state index is -0.768. The van der Waals surface area contributed by atoms with Gasteiger partial charge in [-0.05, 0) is 97.7 Å². The summed E-state index contributed by atoms with van der Waals surface area (Å²) in [6.07, 6.45) is 6.39. The van der Waals surface area contributed by atoms with Gasteiger partial charge in [-0.1, -0.05) is 41.5 Å². The summed E-state index contributed by atoms with van der Waals surface area (Å²) in [7, 11) is 0. The second-order valence-corrected chi connectivity index (χ2v) is 15.6. The number of fused-ring (bicyclic) bond motifs is 4. The zero-order valence-corrected chi connectivity index (χ0v) is 24.7. The first-order valence-corrected chi connectivity index (χ1v) is 15.4. The number of rotatable bonds is 4. The first kappa shape index (κ1) is 27.6. The first-order valence-electron chi connectivity index (χ1n) is 15.4. The molecule has 1 saturated heterocycles. The van der Waals surface area contributed by atoms with Crippen LogP contribution in [0.4, 0.5) is 9.59 Å². The van der Waals surface area contributed by atoms with E-state index in [2.05, 4.69) is 27.7 Å². The molecule has 0 aromatic heterocycles. The Kier molecular flexibility index (Phi) is 6.02. The molecule has 5 saturated carbocycles. The van der Waals surface area contributed by atoms with Crippen LogP contribution in [0, 0.1) is 50.7 Å². The summed E-state index contributed by atoms with van der Waals surface area (Å²) in [4.78, 5) is 23.3. The smallest absolute Gasteiger partial charge is 0.404 e. The molecule has 0 radical (unpaired) electrons. The van der Waals surface area contributed by atoms with Crippen molar-refractivity contribution in [2.24, 2.45) is 62.2 Å². The van der Waals surface area contributed by atoms with Gasteiger partial charge < -0.3 is 30.8 Å². The Morgan fingerprint density at radius 2 is 1.56 bits per heavy atom. The number of carbonyl (C=O) groups is 2. The highest BCUT2D eigenvalue weighted by Gasteiger charge is 2.84. The molecule has 6 fully saturated rings. The lowest BCUT2D eigenvalue weighted by Crippen LogP contribution is -2.60. The van der Waals surface area contributed by atoms with E-state index in [0.717, 1.165) is 44.9 Å². The number of hydrogen-bond acceptors (Lipinski definition) is 6. The van der Waals surface area contributed by atoms with Crippen LogP contribution in [0.3, 0.4) is 0 Å². The predicted octanol–water partition coefficient (Wildman–Crippen LogP) is 5.14. The summed E-state index contributed by atoms with van der Waals surface area (Å²) in [5.41, 5.74) is 11.0. The van der Waals surface area contributed by atoms with E-state index < -0.39 is 24.4 Å². The summed E-state index contributed by atoms with van der Waals surface area (Å²) < 4.78 is 17.9. The van der Waals surface area contributed by atoms with Crippen LogP contribution in [0.25, 0.3) is 0 Å². The van der Waals surface area contributed by atoms with Crippen molar-refractivity contribution in [1.82, 2.24) is 0 Å². The Morgan fingerprint density at radius 1 is 0.897 bits per heavy atom. The first-order chi connectivity index (χ1) is 18.2. The molecule has 1 aliphatic heterocycles. The maximum atomic E-state index is 12.2. The average molecular weight is 547 g/mol. The van der Waals surface area contributed by atoms with Crippen molar-refractivity contribution >= 4 is 12.2 Å². The Morgan fingerprint density at radius 3 is 2.21 bits per heavy atom. The standard InChI is InChI=1S/C31H50N2O6/c1-16(2)22(39-26(33)36)18-8-7-17-23(37-18)24(34)29(6)20-10-9-19-27(3,4)21(38-25(32)35)11-12-30(19)15-31(20,30)14-13-28(17,29)5/h16-24,34H,7-15H2,1-6H3,(H2,32,35)(H2,33,36)/t17-,18?,19-,20?,21?,22?,23?,24-,28?,29+,30?,31?/m0/s1. The highest BCUT2D eigenvalue weighted by atomic mass is 16.6. The molecule has 6 rings (SSSR count). The molecular formula is C31H50N2O6. The summed E-state index contributed by atoms with van der Waals surface area (Å²) in [5.74, 6) is 1.30. The zero-order valence-electron chi connectivity index (χ0n) is 24.7. The molecule has 1 heterocycles. The summed E-state index contributed by atoms with van der Waals surface area (Å²) >= 11 is 0. The lowest BCUT2D eigenvalue weighted by molar-refractivity contribution is -0.184. The molecule has 0 aromatic rings. The number of amides is 2. The summed E-state index contributed by atoms with van der Waals surface area (Å²) in [6.45, 7) is 13.4. The van der Waals surface area contributed by atoms with Crippen molar-refractivity contribution in [1.29, 1.82) is 0 Å². The van der Waals surface area contributed by atoms with Crippen molar-refractivity contribution in [2.75, 3.05) is 0 Å². The highest BCUT2D eigenvalue weighted by Crippen LogP contribution is 2.89. The largest absolute Gasteiger partial charge is 0.446 e. The second-order valence-electron chi connectivity index (χ2n) is 15.6. The van der Waals surface area contributed by atoms with Gasteiger partial charge in [0, 0.05) is 10.8 Å². The molecule has 39 heavy (non-hydrogen) atoms. The van der Waals surface area contributed by atoms with Gasteiger partial charge in [-0.25, -0.2) is 9.59 Å². The maximum absolute atomic E-state index is 12.2. The molecule has 8 nitrogen and oxygen atoms in total. The molecule has 2 spiro atoms. The summed E-state index contributed by atoms with van der Waals surface area (Å²) in [6, 6.07) is 0. The van der Waals surface area contributed by atoms with Crippen LogP contribution >= 0.6 is 0 Å². The molecule has 2 amide bonds. The van der Waals surface area contributed by atoms with Gasteiger partial charge in [0.25, 0.3) is 0 Å². The molecular weight excluding hydrogens is 496 g/mol. The van der Waals surface area contributed by atoms with Crippen LogP contribution in [-0.2, 0) is 14.2 Å². The molecule has 0 bridgehead atoms. The number of aliphatic hydroxyl groups excluding tert-OH is 1. The highest BCUT2D eigenvalue weighted by molar-refractivity contribution is 5.65. The number of nitrogens with two attached hydrogens (primary N) is 2. The Labute approximate surface area is 233 Å². The molecule has 8 unspecified atom stereocenters. The molecule has 8 heteroatoms. The third-order valence-corrected chi connectivity index (χ3v) is 14.0. The molecule has 6 aliphatic rings. The van der Waals surface area contributed by atoms with Gasteiger partial charge in [-0.15, -0.1) is 0 Å². The third-order valence-electron chi connectivity index (χ3n) is 14.0. The van der Waals surface area contributed by atoms with Crippen molar-refractivity contribution in [2.45, 2.75) is 130 Å². The van der Waals surface area contributed by atoms with Crippen LogP contribution < -0.4 is 11.5 Å². The van der Waals surface area contributed by atoms with E-state index in [-0.39, 0.29) is 57.2 Å². The van der Waals surface area contributed by atoms with Crippen LogP contribution in [0.2, 0.25) is 0 Å². The van der Waals surface area contributed by atoms with Gasteiger partial charge in [0.2, 0.25) is 0 Å². The lowest BCUT2D eigenvalue weighted by Gasteiger charge is -2.63. The Hall–Kier alpha value is -1.54. The monoisotopic (exact) mass is 546 g/mol. The van der Waals surface area contributed by atoms with Crippen LogP contribution in [-0.4, -0.2) is 47.8 Å². The van der Waals surface area contributed by atoms with E-state index in [1.165, 1.54) is 12.8 Å². The molecule has 220 valence electrons. The number of aliphatic hydroxyl groups is 1. The molecule has 12 atom stereocenters. The van der Waals surface area contributed by atoms with E-state index in [0.29, 0.717) is 11.8 Å². The number of carbonyl (C=O) groups excluding carboxylic acids is 2.